The van der Waals surface area contributed by atoms with Gasteiger partial charge in [0.15, 0.2) is 5.16 Å². The summed E-state index contributed by atoms with van der Waals surface area (Å²) in [4.78, 5) is 8.94. The molecular weight excluding hydrogens is 382 g/mol. The quantitative estimate of drug-likeness (QED) is 0.534. The van der Waals surface area contributed by atoms with E-state index in [9.17, 15) is 5.11 Å². The molecule has 29 heavy (non-hydrogen) atoms. The number of aromatic hydroxyl groups is 1. The van der Waals surface area contributed by atoms with Crippen molar-refractivity contribution in [3.63, 3.8) is 0 Å². The van der Waals surface area contributed by atoms with Gasteiger partial charge in [-0.05, 0) is 49.6 Å². The van der Waals surface area contributed by atoms with Crippen LogP contribution in [0.3, 0.4) is 0 Å². The molecule has 1 aliphatic carbocycles. The number of phenolic OH excluding ortho intramolecular Hbond substituents is 1. The third-order valence-electron chi connectivity index (χ3n) is 4.78. The van der Waals surface area contributed by atoms with Crippen LogP contribution in [0.15, 0.2) is 72.8 Å². The van der Waals surface area contributed by atoms with Gasteiger partial charge in [-0.15, -0.1) is 0 Å². The number of pyridine rings is 1. The standard InChI is InChI=1S/C23H23N3O2S/c1-2-17-13-20(10-11-22(17)27)28-16-19-15-25-23(29-21-8-4-3-5-9-21)26(19)18-7-6-12-24-14-18/h2,4,6-8,10-15,21,27H,1,3,5,9,16H2. The van der Waals surface area contributed by atoms with E-state index in [4.69, 9.17) is 4.74 Å². The molecule has 0 saturated heterocycles. The lowest BCUT2D eigenvalue weighted by Gasteiger charge is -2.17. The Hall–Kier alpha value is -2.99. The zero-order valence-corrected chi connectivity index (χ0v) is 16.9. The van der Waals surface area contributed by atoms with Crippen molar-refractivity contribution in [2.24, 2.45) is 0 Å². The van der Waals surface area contributed by atoms with Gasteiger partial charge in [0.2, 0.25) is 0 Å². The Morgan fingerprint density at radius 2 is 2.24 bits per heavy atom. The van der Waals surface area contributed by atoms with E-state index in [1.165, 1.54) is 6.42 Å². The summed E-state index contributed by atoms with van der Waals surface area (Å²) in [7, 11) is 0. The van der Waals surface area contributed by atoms with Crippen molar-refractivity contribution in [1.82, 2.24) is 14.5 Å². The molecule has 2 heterocycles. The first-order valence-corrected chi connectivity index (χ1v) is 10.5. The van der Waals surface area contributed by atoms with E-state index in [1.807, 2.05) is 24.5 Å². The number of rotatable bonds is 7. The van der Waals surface area contributed by atoms with Crippen LogP contribution in [-0.4, -0.2) is 24.9 Å². The highest BCUT2D eigenvalue weighted by molar-refractivity contribution is 7.99. The maximum Gasteiger partial charge on any atom is 0.173 e. The minimum absolute atomic E-state index is 0.187. The zero-order chi connectivity index (χ0) is 20.1. The van der Waals surface area contributed by atoms with E-state index in [0.29, 0.717) is 23.2 Å². The maximum atomic E-state index is 9.82. The molecule has 148 valence electrons. The molecule has 5 nitrogen and oxygen atoms in total. The smallest absolute Gasteiger partial charge is 0.173 e. The van der Waals surface area contributed by atoms with Gasteiger partial charge in [0, 0.05) is 17.0 Å². The van der Waals surface area contributed by atoms with Gasteiger partial charge in [-0.1, -0.05) is 36.6 Å². The number of ether oxygens (including phenoxy) is 1. The summed E-state index contributed by atoms with van der Waals surface area (Å²) in [6.45, 7) is 4.07. The minimum Gasteiger partial charge on any atom is -0.507 e. The van der Waals surface area contributed by atoms with E-state index in [-0.39, 0.29) is 5.75 Å². The molecule has 2 aromatic heterocycles. The fourth-order valence-corrected chi connectivity index (χ4v) is 4.46. The predicted molar refractivity (Wildman–Crippen MR) is 117 cm³/mol. The molecule has 3 aromatic rings. The van der Waals surface area contributed by atoms with E-state index in [0.717, 1.165) is 29.4 Å². The topological polar surface area (TPSA) is 60.2 Å². The third-order valence-corrected chi connectivity index (χ3v) is 5.97. The summed E-state index contributed by atoms with van der Waals surface area (Å²) in [5, 5.41) is 11.2. The highest BCUT2D eigenvalue weighted by Crippen LogP contribution is 2.32. The van der Waals surface area contributed by atoms with Crippen LogP contribution in [0, 0.1) is 0 Å². The second kappa shape index (κ2) is 9.01. The summed E-state index contributed by atoms with van der Waals surface area (Å²) < 4.78 is 8.10. The Morgan fingerprint density at radius 1 is 1.31 bits per heavy atom. The fraction of sp³-hybridized carbons (Fsp3) is 0.217. The first kappa shape index (κ1) is 19.3. The lowest BCUT2D eigenvalue weighted by molar-refractivity contribution is 0.297. The van der Waals surface area contributed by atoms with Crippen LogP contribution in [-0.2, 0) is 6.61 Å². The van der Waals surface area contributed by atoms with Crippen LogP contribution in [0.25, 0.3) is 11.8 Å². The average molecular weight is 406 g/mol. The van der Waals surface area contributed by atoms with Crippen LogP contribution in [0.5, 0.6) is 11.5 Å². The van der Waals surface area contributed by atoms with Crippen LogP contribution >= 0.6 is 11.8 Å². The van der Waals surface area contributed by atoms with Gasteiger partial charge in [0.25, 0.3) is 0 Å². The largest absolute Gasteiger partial charge is 0.507 e. The van der Waals surface area contributed by atoms with Crippen molar-refractivity contribution in [3.8, 4) is 17.2 Å². The van der Waals surface area contributed by atoms with E-state index in [1.54, 1.807) is 42.2 Å². The lowest BCUT2D eigenvalue weighted by Crippen LogP contribution is -2.08. The van der Waals surface area contributed by atoms with E-state index in [2.05, 4.69) is 33.3 Å². The Kier molecular flexibility index (Phi) is 6.00. The number of nitrogens with zero attached hydrogens (tertiary/aromatic N) is 3. The summed E-state index contributed by atoms with van der Waals surface area (Å²) >= 11 is 1.77. The number of hydrogen-bond donors (Lipinski definition) is 1. The summed E-state index contributed by atoms with van der Waals surface area (Å²) in [5.74, 6) is 0.855. The second-order valence-corrected chi connectivity index (χ2v) is 8.01. The number of thioether (sulfide) groups is 1. The van der Waals surface area contributed by atoms with Crippen molar-refractivity contribution < 1.29 is 9.84 Å². The summed E-state index contributed by atoms with van der Waals surface area (Å²) in [6, 6.07) is 9.08. The van der Waals surface area contributed by atoms with E-state index >= 15 is 0 Å². The molecular formula is C23H23N3O2S. The fourth-order valence-electron chi connectivity index (χ4n) is 3.27. The van der Waals surface area contributed by atoms with Crippen molar-refractivity contribution in [2.75, 3.05) is 0 Å². The molecule has 0 amide bonds. The molecule has 1 N–H and O–H groups in total. The predicted octanol–water partition coefficient (Wildman–Crippen LogP) is 5.40. The normalized spacial score (nSPS) is 15.9. The number of phenols is 1. The molecule has 0 bridgehead atoms. The molecule has 1 aliphatic rings. The van der Waals surface area contributed by atoms with Gasteiger partial charge in [-0.2, -0.15) is 0 Å². The van der Waals surface area contributed by atoms with E-state index < -0.39 is 0 Å². The van der Waals surface area contributed by atoms with Gasteiger partial charge < -0.3 is 9.84 Å². The van der Waals surface area contributed by atoms with Gasteiger partial charge in [-0.25, -0.2) is 4.98 Å². The molecule has 1 unspecified atom stereocenters. The first-order chi connectivity index (χ1) is 14.2. The highest BCUT2D eigenvalue weighted by Gasteiger charge is 2.18. The summed E-state index contributed by atoms with van der Waals surface area (Å²) in [6.07, 6.45) is 15.1. The third kappa shape index (κ3) is 4.54. The number of hydrogen-bond acceptors (Lipinski definition) is 5. The average Bonchev–Trinajstić information content (AvgIpc) is 3.16. The molecule has 0 aliphatic heterocycles. The Balaban J connectivity index is 1.60. The van der Waals surface area contributed by atoms with Crippen LogP contribution < -0.4 is 4.74 Å². The molecule has 4 rings (SSSR count). The Bertz CT molecular complexity index is 1010. The molecule has 1 aromatic carbocycles. The molecule has 0 saturated carbocycles. The monoisotopic (exact) mass is 405 g/mol. The summed E-state index contributed by atoms with van der Waals surface area (Å²) in [5.41, 5.74) is 2.54. The zero-order valence-electron chi connectivity index (χ0n) is 16.1. The highest BCUT2D eigenvalue weighted by atomic mass is 32.2. The van der Waals surface area contributed by atoms with Gasteiger partial charge >= 0.3 is 0 Å². The molecule has 0 fully saturated rings. The molecule has 0 radical (unpaired) electrons. The molecule has 1 atom stereocenters. The van der Waals surface area contributed by atoms with Gasteiger partial charge in [0.1, 0.15) is 18.1 Å². The first-order valence-electron chi connectivity index (χ1n) is 9.63. The SMILES string of the molecule is C=Cc1cc(OCc2cnc(SC3C=CCCC3)n2-c2cccnc2)ccc1O. The number of allylic oxidation sites excluding steroid dienone is 1. The van der Waals surface area contributed by atoms with Crippen LogP contribution in [0.2, 0.25) is 0 Å². The number of aromatic nitrogens is 3. The van der Waals surface area contributed by atoms with Crippen molar-refractivity contribution in [2.45, 2.75) is 36.3 Å². The second-order valence-electron chi connectivity index (χ2n) is 6.81. The molecule has 6 heteroatoms. The number of benzene rings is 1. The van der Waals surface area contributed by atoms with Crippen LogP contribution in [0.1, 0.15) is 30.5 Å². The van der Waals surface area contributed by atoms with Gasteiger partial charge in [0.05, 0.1) is 23.8 Å². The lowest BCUT2D eigenvalue weighted by atomic mass is 10.1. The van der Waals surface area contributed by atoms with Gasteiger partial charge in [-0.3, -0.25) is 9.55 Å². The minimum atomic E-state index is 0.187. The van der Waals surface area contributed by atoms with Crippen LogP contribution in [0.4, 0.5) is 0 Å². The van der Waals surface area contributed by atoms with Crippen molar-refractivity contribution in [3.05, 3.63) is 78.9 Å². The number of imidazole rings is 1. The Morgan fingerprint density at radius 3 is 3.00 bits per heavy atom. The molecule has 0 spiro atoms. The van der Waals surface area contributed by atoms with Crippen molar-refractivity contribution >= 4 is 17.8 Å². The Labute approximate surface area is 174 Å². The maximum absolute atomic E-state index is 9.82. The van der Waals surface area contributed by atoms with Crippen molar-refractivity contribution in [1.29, 1.82) is 0 Å².